The van der Waals surface area contributed by atoms with Crippen molar-refractivity contribution in [3.05, 3.63) is 65.7 Å². The summed E-state index contributed by atoms with van der Waals surface area (Å²) in [4.78, 5) is 12.2. The van der Waals surface area contributed by atoms with Crippen LogP contribution in [0.4, 0.5) is 0 Å². The van der Waals surface area contributed by atoms with E-state index in [2.05, 4.69) is 0 Å². The maximum atomic E-state index is 12.2. The SMILES string of the molecule is COc1ccc(CSC[C@](C)(N)C(=O)OCc2ccccc2)cc1. The highest BCUT2D eigenvalue weighted by Crippen LogP contribution is 2.20. The summed E-state index contributed by atoms with van der Waals surface area (Å²) in [6.45, 7) is 1.96. The first-order chi connectivity index (χ1) is 11.5. The molecule has 0 aliphatic carbocycles. The van der Waals surface area contributed by atoms with E-state index in [1.54, 1.807) is 25.8 Å². The molecule has 128 valence electrons. The largest absolute Gasteiger partial charge is 0.497 e. The van der Waals surface area contributed by atoms with Gasteiger partial charge in [-0.15, -0.1) is 0 Å². The average Bonchev–Trinajstić information content (AvgIpc) is 2.61. The van der Waals surface area contributed by atoms with Crippen molar-refractivity contribution in [3.8, 4) is 5.75 Å². The topological polar surface area (TPSA) is 61.5 Å². The number of methoxy groups -OCH3 is 1. The molecule has 2 rings (SSSR count). The van der Waals surface area contributed by atoms with Crippen LogP contribution in [0.1, 0.15) is 18.1 Å². The minimum atomic E-state index is -1.01. The molecule has 1 atom stereocenters. The Labute approximate surface area is 147 Å². The summed E-state index contributed by atoms with van der Waals surface area (Å²) < 4.78 is 10.5. The number of hydrogen-bond acceptors (Lipinski definition) is 5. The van der Waals surface area contributed by atoms with Crippen LogP contribution in [-0.2, 0) is 21.9 Å². The molecule has 0 aliphatic heterocycles. The van der Waals surface area contributed by atoms with Gasteiger partial charge in [-0.3, -0.25) is 4.79 Å². The van der Waals surface area contributed by atoms with Crippen molar-refractivity contribution in [1.82, 2.24) is 0 Å². The van der Waals surface area contributed by atoms with Crippen LogP contribution in [0.5, 0.6) is 5.75 Å². The fourth-order valence-electron chi connectivity index (χ4n) is 2.05. The Morgan fingerprint density at radius 2 is 1.75 bits per heavy atom. The van der Waals surface area contributed by atoms with Gasteiger partial charge in [0, 0.05) is 11.5 Å². The Bertz CT molecular complexity index is 641. The van der Waals surface area contributed by atoms with E-state index in [0.29, 0.717) is 5.75 Å². The van der Waals surface area contributed by atoms with Gasteiger partial charge in [0.1, 0.15) is 17.9 Å². The van der Waals surface area contributed by atoms with E-state index in [-0.39, 0.29) is 12.6 Å². The first-order valence-electron chi connectivity index (χ1n) is 7.72. The van der Waals surface area contributed by atoms with Crippen molar-refractivity contribution in [2.24, 2.45) is 5.73 Å². The van der Waals surface area contributed by atoms with Gasteiger partial charge in [-0.25, -0.2) is 0 Å². The van der Waals surface area contributed by atoms with Gasteiger partial charge in [0.15, 0.2) is 0 Å². The van der Waals surface area contributed by atoms with Gasteiger partial charge in [0.05, 0.1) is 7.11 Å². The number of carbonyl (C=O) groups is 1. The molecule has 2 N–H and O–H groups in total. The van der Waals surface area contributed by atoms with Crippen LogP contribution in [0.25, 0.3) is 0 Å². The number of rotatable bonds is 8. The van der Waals surface area contributed by atoms with E-state index >= 15 is 0 Å². The van der Waals surface area contributed by atoms with E-state index in [0.717, 1.165) is 22.6 Å². The van der Waals surface area contributed by atoms with Crippen LogP contribution in [0.2, 0.25) is 0 Å². The van der Waals surface area contributed by atoms with Gasteiger partial charge in [-0.05, 0) is 30.2 Å². The highest BCUT2D eigenvalue weighted by Gasteiger charge is 2.30. The summed E-state index contributed by atoms with van der Waals surface area (Å²) >= 11 is 1.61. The monoisotopic (exact) mass is 345 g/mol. The number of benzene rings is 2. The Morgan fingerprint density at radius 3 is 2.38 bits per heavy atom. The summed E-state index contributed by atoms with van der Waals surface area (Å²) in [5.74, 6) is 1.72. The molecule has 5 heteroatoms. The fraction of sp³-hybridized carbons (Fsp3) is 0.316. The number of nitrogens with two attached hydrogens (primary N) is 1. The lowest BCUT2D eigenvalue weighted by Gasteiger charge is -2.22. The lowest BCUT2D eigenvalue weighted by atomic mass is 10.1. The zero-order valence-corrected chi connectivity index (χ0v) is 14.8. The molecule has 0 spiro atoms. The van der Waals surface area contributed by atoms with Crippen molar-refractivity contribution < 1.29 is 14.3 Å². The molecule has 24 heavy (non-hydrogen) atoms. The van der Waals surface area contributed by atoms with Crippen LogP contribution in [0.15, 0.2) is 54.6 Å². The molecule has 0 aromatic heterocycles. The summed E-state index contributed by atoms with van der Waals surface area (Å²) in [6.07, 6.45) is 0. The standard InChI is InChI=1S/C19H23NO3S/c1-19(20,18(21)23-12-15-6-4-3-5-7-15)14-24-13-16-8-10-17(22-2)11-9-16/h3-11H,12-14,20H2,1-2H3/t19-/m0/s1. The smallest absolute Gasteiger partial charge is 0.327 e. The molecule has 0 aliphatic rings. The summed E-state index contributed by atoms with van der Waals surface area (Å²) in [6, 6.07) is 17.4. The fourth-order valence-corrected chi connectivity index (χ4v) is 3.12. The zero-order chi connectivity index (χ0) is 17.4. The zero-order valence-electron chi connectivity index (χ0n) is 14.0. The predicted molar refractivity (Wildman–Crippen MR) is 98.0 cm³/mol. The Morgan fingerprint density at radius 1 is 1.08 bits per heavy atom. The first-order valence-corrected chi connectivity index (χ1v) is 8.87. The van der Waals surface area contributed by atoms with Crippen molar-refractivity contribution in [2.45, 2.75) is 24.8 Å². The van der Waals surface area contributed by atoms with Crippen molar-refractivity contribution in [2.75, 3.05) is 12.9 Å². The second-order valence-electron chi connectivity index (χ2n) is 5.82. The van der Waals surface area contributed by atoms with E-state index in [1.165, 1.54) is 0 Å². The second kappa shape index (κ2) is 8.76. The molecule has 0 bridgehead atoms. The Hall–Kier alpha value is -1.98. The molecule has 4 nitrogen and oxygen atoms in total. The third-order valence-electron chi connectivity index (χ3n) is 3.51. The molecule has 2 aromatic carbocycles. The minimum Gasteiger partial charge on any atom is -0.497 e. The molecule has 0 amide bonds. The molecule has 0 radical (unpaired) electrons. The van der Waals surface area contributed by atoms with Gasteiger partial charge in [0.25, 0.3) is 0 Å². The molecule has 0 saturated heterocycles. The van der Waals surface area contributed by atoms with Crippen LogP contribution in [-0.4, -0.2) is 24.4 Å². The van der Waals surface area contributed by atoms with E-state index in [9.17, 15) is 4.79 Å². The molecular weight excluding hydrogens is 322 g/mol. The number of hydrogen-bond donors (Lipinski definition) is 1. The molecular formula is C19H23NO3S. The van der Waals surface area contributed by atoms with Gasteiger partial charge < -0.3 is 15.2 Å². The predicted octanol–water partition coefficient (Wildman–Crippen LogP) is 3.39. The molecule has 0 unspecified atom stereocenters. The summed E-state index contributed by atoms with van der Waals surface area (Å²) in [5.41, 5.74) is 7.22. The van der Waals surface area contributed by atoms with E-state index < -0.39 is 5.54 Å². The molecule has 2 aromatic rings. The number of ether oxygens (including phenoxy) is 2. The van der Waals surface area contributed by atoms with Crippen LogP contribution >= 0.6 is 11.8 Å². The van der Waals surface area contributed by atoms with Gasteiger partial charge in [0.2, 0.25) is 0 Å². The quantitative estimate of drug-likeness (QED) is 0.743. The number of carbonyl (C=O) groups excluding carboxylic acids is 1. The second-order valence-corrected chi connectivity index (χ2v) is 6.81. The third-order valence-corrected chi connectivity index (χ3v) is 4.85. The maximum Gasteiger partial charge on any atom is 0.327 e. The number of esters is 1. The van der Waals surface area contributed by atoms with Crippen LogP contribution < -0.4 is 10.5 Å². The Kier molecular flexibility index (Phi) is 6.70. The normalized spacial score (nSPS) is 13.1. The Balaban J connectivity index is 1.77. The van der Waals surface area contributed by atoms with Crippen molar-refractivity contribution >= 4 is 17.7 Å². The van der Waals surface area contributed by atoms with Gasteiger partial charge in [-0.1, -0.05) is 42.5 Å². The molecule has 0 fully saturated rings. The number of thioether (sulfide) groups is 1. The average molecular weight is 345 g/mol. The highest BCUT2D eigenvalue weighted by atomic mass is 32.2. The summed E-state index contributed by atoms with van der Waals surface area (Å²) in [5, 5.41) is 0. The lowest BCUT2D eigenvalue weighted by Crippen LogP contribution is -2.48. The van der Waals surface area contributed by atoms with E-state index in [1.807, 2.05) is 54.6 Å². The van der Waals surface area contributed by atoms with Crippen LogP contribution in [0.3, 0.4) is 0 Å². The van der Waals surface area contributed by atoms with Gasteiger partial charge in [-0.2, -0.15) is 11.8 Å². The van der Waals surface area contributed by atoms with Crippen LogP contribution in [0, 0.1) is 0 Å². The van der Waals surface area contributed by atoms with Crippen molar-refractivity contribution in [1.29, 1.82) is 0 Å². The minimum absolute atomic E-state index is 0.246. The molecule has 0 heterocycles. The van der Waals surface area contributed by atoms with Gasteiger partial charge >= 0.3 is 5.97 Å². The lowest BCUT2D eigenvalue weighted by molar-refractivity contribution is -0.149. The summed E-state index contributed by atoms with van der Waals surface area (Å²) in [7, 11) is 1.64. The maximum absolute atomic E-state index is 12.2. The highest BCUT2D eigenvalue weighted by molar-refractivity contribution is 7.98. The molecule has 0 saturated carbocycles. The van der Waals surface area contributed by atoms with Crippen molar-refractivity contribution in [3.63, 3.8) is 0 Å². The van der Waals surface area contributed by atoms with E-state index in [4.69, 9.17) is 15.2 Å². The first kappa shape index (κ1) is 18.4. The third kappa shape index (κ3) is 5.58.